The van der Waals surface area contributed by atoms with E-state index in [0.717, 1.165) is 126 Å². The maximum absolute atomic E-state index is 12.3. The fourth-order valence-corrected chi connectivity index (χ4v) is 11.1. The van der Waals surface area contributed by atoms with Gasteiger partial charge in [-0.1, -0.05) is 140 Å². The average Bonchev–Trinajstić information content (AvgIpc) is 3.89. The van der Waals surface area contributed by atoms with Gasteiger partial charge in [0.2, 0.25) is 0 Å². The number of nitrogens with zero attached hydrogens (tertiary/aromatic N) is 6. The molecule has 0 saturated carbocycles. The summed E-state index contributed by atoms with van der Waals surface area (Å²) in [5.41, 5.74) is 13.3. The first-order valence-electron chi connectivity index (χ1n) is 21.5. The zero-order chi connectivity index (χ0) is 42.0. The van der Waals surface area contributed by atoms with Crippen LogP contribution in [0.5, 0.6) is 0 Å². The van der Waals surface area contributed by atoms with Crippen LogP contribution in [0.2, 0.25) is 0 Å². The lowest BCUT2D eigenvalue weighted by atomic mass is 9.82. The molecule has 14 rings (SSSR count). The zero-order valence-corrected chi connectivity index (χ0v) is 34.2. The van der Waals surface area contributed by atoms with Crippen molar-refractivity contribution in [2.45, 2.75) is 0 Å². The first kappa shape index (κ1) is 34.8. The topological polar surface area (TPSA) is 72.3 Å². The lowest BCUT2D eigenvalue weighted by molar-refractivity contribution is 1.12. The lowest BCUT2D eigenvalue weighted by Gasteiger charge is -2.27. The third-order valence-electron chi connectivity index (χ3n) is 13.5. The van der Waals surface area contributed by atoms with Crippen molar-refractivity contribution in [3.05, 3.63) is 200 Å². The second kappa shape index (κ2) is 13.0. The van der Waals surface area contributed by atoms with Crippen molar-refractivity contribution in [2.75, 3.05) is 0 Å². The van der Waals surface area contributed by atoms with Crippen LogP contribution in [0.1, 0.15) is 5.56 Å². The van der Waals surface area contributed by atoms with Crippen molar-refractivity contribution < 1.29 is 0 Å². The van der Waals surface area contributed by atoms with Gasteiger partial charge in [0.25, 0.3) is 0 Å². The minimum Gasteiger partial charge on any atom is -0.307 e. The van der Waals surface area contributed by atoms with Gasteiger partial charge in [0.15, 0.2) is 0 Å². The van der Waals surface area contributed by atoms with Gasteiger partial charge in [0.1, 0.15) is 18.0 Å². The molecule has 0 saturated heterocycles. The molecule has 4 heterocycles. The Labute approximate surface area is 365 Å². The van der Waals surface area contributed by atoms with Crippen molar-refractivity contribution in [3.8, 4) is 50.8 Å². The summed E-state index contributed by atoms with van der Waals surface area (Å²) in [7, 11) is 0. The van der Waals surface area contributed by atoms with Crippen LogP contribution in [0.15, 0.2) is 195 Å². The Morgan fingerprint density at radius 2 is 0.812 bits per heavy atom. The Hall–Kier alpha value is -8.92. The number of benzene rings is 10. The van der Waals surface area contributed by atoms with Gasteiger partial charge in [-0.15, -0.1) is 0 Å². The molecule has 0 radical (unpaired) electrons. The predicted octanol–water partition coefficient (Wildman–Crippen LogP) is 14.4. The highest BCUT2D eigenvalue weighted by molar-refractivity contribution is 6.35. The van der Waals surface area contributed by atoms with Gasteiger partial charge in [-0.2, -0.15) is 5.26 Å². The summed E-state index contributed by atoms with van der Waals surface area (Å²) in [5.74, 6) is 0. The van der Waals surface area contributed by atoms with E-state index in [-0.39, 0.29) is 0 Å². The van der Waals surface area contributed by atoms with Crippen LogP contribution in [0.25, 0.3) is 132 Å². The third kappa shape index (κ3) is 4.49. The highest BCUT2D eigenvalue weighted by atomic mass is 15.0. The average molecular weight is 813 g/mol. The molecule has 0 N–H and O–H groups in total. The molecule has 0 spiro atoms. The van der Waals surface area contributed by atoms with E-state index in [4.69, 9.17) is 4.98 Å². The second-order valence-electron chi connectivity index (χ2n) is 16.6. The monoisotopic (exact) mass is 812 g/mol. The van der Waals surface area contributed by atoms with Gasteiger partial charge >= 0.3 is 0 Å². The van der Waals surface area contributed by atoms with Crippen LogP contribution < -0.4 is 0 Å². The molecule has 10 aromatic carbocycles. The van der Waals surface area contributed by atoms with E-state index in [1.165, 1.54) is 5.39 Å². The van der Waals surface area contributed by atoms with E-state index in [2.05, 4.69) is 195 Å². The van der Waals surface area contributed by atoms with E-state index < -0.39 is 0 Å². The highest BCUT2D eigenvalue weighted by Gasteiger charge is 2.33. The van der Waals surface area contributed by atoms with Gasteiger partial charge in [-0.3, -0.25) is 4.98 Å². The Morgan fingerprint density at radius 3 is 1.33 bits per heavy atom. The molecule has 14 aromatic rings. The summed E-state index contributed by atoms with van der Waals surface area (Å²) < 4.78 is 4.75. The van der Waals surface area contributed by atoms with Crippen molar-refractivity contribution in [3.63, 3.8) is 0 Å². The molecule has 0 aliphatic carbocycles. The molecular formula is C58H32N6. The van der Waals surface area contributed by atoms with Gasteiger partial charge in [0, 0.05) is 73.0 Å². The minimum absolute atomic E-state index is 0.566. The molecule has 294 valence electrons. The molecular weight excluding hydrogens is 781 g/mol. The second-order valence-corrected chi connectivity index (χ2v) is 16.6. The fourth-order valence-electron chi connectivity index (χ4n) is 11.1. The number of hydrogen-bond acceptors (Lipinski definition) is 4. The zero-order valence-electron chi connectivity index (χ0n) is 34.2. The third-order valence-corrected chi connectivity index (χ3v) is 13.5. The van der Waals surface area contributed by atoms with E-state index in [1.807, 2.05) is 18.6 Å². The number of pyridine rings is 1. The summed E-state index contributed by atoms with van der Waals surface area (Å²) in [6.07, 6.45) is 7.43. The molecule has 0 aliphatic heterocycles. The largest absolute Gasteiger partial charge is 0.307 e. The van der Waals surface area contributed by atoms with E-state index in [0.29, 0.717) is 5.56 Å². The quantitative estimate of drug-likeness (QED) is 0.162. The molecule has 0 unspecified atom stereocenters. The molecule has 4 aromatic heterocycles. The maximum Gasteiger partial charge on any atom is 0.116 e. The number of aromatic nitrogens is 5. The number of hydrogen-bond donors (Lipinski definition) is 0. The number of rotatable bonds is 5. The Bertz CT molecular complexity index is 3820. The van der Waals surface area contributed by atoms with Gasteiger partial charge in [-0.25, -0.2) is 9.97 Å². The smallest absolute Gasteiger partial charge is 0.116 e. The Morgan fingerprint density at radius 1 is 0.375 bits per heavy atom. The molecule has 0 aliphatic rings. The summed E-state index contributed by atoms with van der Waals surface area (Å²) in [4.78, 5) is 14.0. The Kier molecular flexibility index (Phi) is 7.08. The fraction of sp³-hybridized carbons (Fsp3) is 0. The van der Waals surface area contributed by atoms with Crippen LogP contribution in [0.3, 0.4) is 0 Å². The van der Waals surface area contributed by atoms with Crippen LogP contribution in [0.4, 0.5) is 0 Å². The van der Waals surface area contributed by atoms with Crippen LogP contribution in [-0.4, -0.2) is 24.1 Å². The molecule has 0 bridgehead atoms. The van der Waals surface area contributed by atoms with Gasteiger partial charge in [0.05, 0.1) is 39.0 Å². The highest BCUT2D eigenvalue weighted by Crippen LogP contribution is 2.54. The first-order chi connectivity index (χ1) is 31.8. The van der Waals surface area contributed by atoms with Crippen LogP contribution in [0, 0.1) is 11.3 Å². The number of nitriles is 1. The summed E-state index contributed by atoms with van der Waals surface area (Å²) >= 11 is 0. The van der Waals surface area contributed by atoms with Gasteiger partial charge < -0.3 is 9.13 Å². The van der Waals surface area contributed by atoms with E-state index in [9.17, 15) is 5.26 Å². The first-order valence-corrected chi connectivity index (χ1v) is 21.5. The Balaban J connectivity index is 1.30. The van der Waals surface area contributed by atoms with Crippen LogP contribution >= 0.6 is 0 Å². The summed E-state index contributed by atoms with van der Waals surface area (Å²) in [6, 6.07) is 63.2. The molecule has 64 heavy (non-hydrogen) atoms. The standard InChI is InChI=1S/C58H32N6/c59-30-42-57(63-45-24-10-20-38-37-28-29-60-31-43(37)39-21-11-25-46(63)53(39)52(38)45)50(35-16-6-2-7-17-35)49(34-14-4-1-5-15-34)51(36-18-8-3-9-19-36)58(42)64-47-26-12-22-40-44-32-61-33-62-56(44)41-23-13-27-48(64)55(41)54(40)47/h1-29,31-33H. The number of fused-ring (bicyclic) bond motifs is 6. The van der Waals surface area contributed by atoms with Crippen molar-refractivity contribution >= 4 is 86.8 Å². The summed E-state index contributed by atoms with van der Waals surface area (Å²) in [5, 5.41) is 24.5. The SMILES string of the molecule is N#Cc1c(-n2c3cccc4c5ccncc5c5cccc2c5c43)c(-c2ccccc2)c(-c2ccccc2)c(-c2ccccc2)c1-n1c2cccc3c4cncnc4c4cccc1c4c32. The molecule has 0 atom stereocenters. The van der Waals surface area contributed by atoms with Crippen molar-refractivity contribution in [2.24, 2.45) is 0 Å². The van der Waals surface area contributed by atoms with E-state index >= 15 is 0 Å². The molecule has 6 heteroatoms. The van der Waals surface area contributed by atoms with Crippen molar-refractivity contribution in [1.29, 1.82) is 5.26 Å². The molecule has 0 amide bonds. The lowest BCUT2D eigenvalue weighted by Crippen LogP contribution is -2.10. The molecule has 0 fully saturated rings. The minimum atomic E-state index is 0.566. The van der Waals surface area contributed by atoms with Crippen LogP contribution in [-0.2, 0) is 0 Å². The van der Waals surface area contributed by atoms with E-state index in [1.54, 1.807) is 6.33 Å². The predicted molar refractivity (Wildman–Crippen MR) is 262 cm³/mol. The van der Waals surface area contributed by atoms with Crippen molar-refractivity contribution in [1.82, 2.24) is 24.1 Å². The normalized spacial score (nSPS) is 12.0. The summed E-state index contributed by atoms with van der Waals surface area (Å²) in [6.45, 7) is 0. The molecule has 6 nitrogen and oxygen atoms in total. The maximum atomic E-state index is 12.3. The van der Waals surface area contributed by atoms with Gasteiger partial charge in [-0.05, 0) is 68.6 Å².